The molecule has 0 aliphatic heterocycles. The quantitative estimate of drug-likeness (QED) is 0.815. The van der Waals surface area contributed by atoms with Crippen molar-refractivity contribution in [3.05, 3.63) is 47.5 Å². The largest absolute Gasteiger partial charge is 0.355 e. The van der Waals surface area contributed by atoms with Gasteiger partial charge in [-0.25, -0.2) is 0 Å². The highest BCUT2D eigenvalue weighted by Crippen LogP contribution is 2.59. The van der Waals surface area contributed by atoms with Crippen molar-refractivity contribution in [3.63, 3.8) is 0 Å². The fourth-order valence-corrected chi connectivity index (χ4v) is 3.73. The van der Waals surface area contributed by atoms with Gasteiger partial charge in [-0.2, -0.15) is 0 Å². The van der Waals surface area contributed by atoms with E-state index in [2.05, 4.69) is 69.4 Å². The molecular weight excluding hydrogens is 270 g/mol. The van der Waals surface area contributed by atoms with Crippen LogP contribution in [0.3, 0.4) is 0 Å². The Balaban J connectivity index is 1.61. The van der Waals surface area contributed by atoms with Crippen LogP contribution in [0.2, 0.25) is 0 Å². The first-order valence-electron chi connectivity index (χ1n) is 8.35. The number of rotatable bonds is 5. The van der Waals surface area contributed by atoms with Crippen LogP contribution in [0.4, 0.5) is 0 Å². The molecule has 2 aliphatic carbocycles. The summed E-state index contributed by atoms with van der Waals surface area (Å²) < 4.78 is 0. The third-order valence-corrected chi connectivity index (χ3v) is 5.55. The van der Waals surface area contributed by atoms with Gasteiger partial charge in [-0.15, -0.1) is 0 Å². The smallest absolute Gasteiger partial charge is 0.224 e. The Morgan fingerprint density at radius 1 is 1.23 bits per heavy atom. The van der Waals surface area contributed by atoms with Gasteiger partial charge in [-0.1, -0.05) is 55.8 Å². The number of carbonyl (C=O) groups is 1. The Morgan fingerprint density at radius 2 is 1.86 bits per heavy atom. The second-order valence-corrected chi connectivity index (χ2v) is 7.93. The van der Waals surface area contributed by atoms with E-state index < -0.39 is 0 Å². The van der Waals surface area contributed by atoms with Crippen molar-refractivity contribution >= 4 is 5.91 Å². The maximum Gasteiger partial charge on any atom is 0.224 e. The Morgan fingerprint density at radius 3 is 2.41 bits per heavy atom. The summed E-state index contributed by atoms with van der Waals surface area (Å²) >= 11 is 0. The van der Waals surface area contributed by atoms with Gasteiger partial charge in [0.15, 0.2) is 0 Å². The predicted octanol–water partition coefficient (Wildman–Crippen LogP) is 4.07. The van der Waals surface area contributed by atoms with E-state index in [4.69, 9.17) is 0 Å². The van der Waals surface area contributed by atoms with Crippen molar-refractivity contribution in [2.75, 3.05) is 6.54 Å². The van der Waals surface area contributed by atoms with E-state index >= 15 is 0 Å². The summed E-state index contributed by atoms with van der Waals surface area (Å²) in [4.78, 5) is 12.6. The molecule has 2 saturated carbocycles. The van der Waals surface area contributed by atoms with Crippen molar-refractivity contribution in [2.24, 2.45) is 17.3 Å². The molecule has 0 radical (unpaired) electrons. The molecule has 0 heterocycles. The van der Waals surface area contributed by atoms with Crippen LogP contribution < -0.4 is 5.32 Å². The molecule has 0 bridgehead atoms. The summed E-state index contributed by atoms with van der Waals surface area (Å²) in [6, 6.07) is 10.6. The van der Waals surface area contributed by atoms with Gasteiger partial charge < -0.3 is 5.32 Å². The van der Waals surface area contributed by atoms with Gasteiger partial charge in [-0.3, -0.25) is 4.79 Å². The Hall–Kier alpha value is -1.57. The molecule has 2 unspecified atom stereocenters. The van der Waals surface area contributed by atoms with Gasteiger partial charge in [0, 0.05) is 12.0 Å². The number of amides is 1. The minimum atomic E-state index is 0.102. The number of carbonyl (C=O) groups excluding carboxylic acids is 1. The van der Waals surface area contributed by atoms with Gasteiger partial charge in [0.2, 0.25) is 5.91 Å². The third kappa shape index (κ3) is 2.71. The van der Waals surface area contributed by atoms with E-state index in [1.165, 1.54) is 24.0 Å². The second kappa shape index (κ2) is 5.26. The minimum Gasteiger partial charge on any atom is -0.355 e. The number of hydrogen-bond acceptors (Lipinski definition) is 1. The van der Waals surface area contributed by atoms with Crippen molar-refractivity contribution in [3.8, 4) is 0 Å². The Kier molecular flexibility index (Phi) is 3.66. The van der Waals surface area contributed by atoms with Crippen LogP contribution in [0.25, 0.3) is 0 Å². The van der Waals surface area contributed by atoms with E-state index in [1.54, 1.807) is 0 Å². The van der Waals surface area contributed by atoms with Crippen molar-refractivity contribution in [2.45, 2.75) is 46.0 Å². The predicted molar refractivity (Wildman–Crippen MR) is 90.6 cm³/mol. The van der Waals surface area contributed by atoms with Crippen LogP contribution in [0.15, 0.2) is 42.0 Å². The monoisotopic (exact) mass is 297 g/mol. The third-order valence-electron chi connectivity index (χ3n) is 5.55. The number of hydrogen-bond donors (Lipinski definition) is 1. The molecule has 2 aliphatic rings. The second-order valence-electron chi connectivity index (χ2n) is 7.93. The number of nitrogens with one attached hydrogen (secondary N) is 1. The Labute approximate surface area is 134 Å². The molecule has 2 atom stereocenters. The Bertz CT molecular complexity index is 591. The molecule has 0 aromatic heterocycles. The van der Waals surface area contributed by atoms with Gasteiger partial charge in [0.1, 0.15) is 0 Å². The van der Waals surface area contributed by atoms with E-state index in [-0.39, 0.29) is 22.7 Å². The SMILES string of the molecule is CC(C)=CC1C(C(=O)NCC2(c3ccccc3)CC2)C1(C)C. The van der Waals surface area contributed by atoms with Crippen molar-refractivity contribution < 1.29 is 4.79 Å². The maximum absolute atomic E-state index is 12.6. The van der Waals surface area contributed by atoms with E-state index in [1.807, 2.05) is 0 Å². The molecule has 22 heavy (non-hydrogen) atoms. The fraction of sp³-hybridized carbons (Fsp3) is 0.550. The standard InChI is InChI=1S/C20H27NO/c1-14(2)12-16-17(19(16,3)4)18(22)21-13-20(10-11-20)15-8-6-5-7-9-15/h5-9,12,16-17H,10-11,13H2,1-4H3,(H,21,22). The molecule has 2 fully saturated rings. The number of benzene rings is 1. The van der Waals surface area contributed by atoms with Crippen molar-refractivity contribution in [1.29, 1.82) is 0 Å². The molecule has 2 heteroatoms. The van der Waals surface area contributed by atoms with Crippen LogP contribution in [0.1, 0.15) is 46.1 Å². The molecule has 0 spiro atoms. The van der Waals surface area contributed by atoms with Crippen LogP contribution in [0, 0.1) is 17.3 Å². The summed E-state index contributed by atoms with van der Waals surface area (Å²) in [7, 11) is 0. The molecule has 3 rings (SSSR count). The summed E-state index contributed by atoms with van der Waals surface area (Å²) in [5.74, 6) is 0.757. The molecular formula is C20H27NO. The zero-order valence-electron chi connectivity index (χ0n) is 14.1. The summed E-state index contributed by atoms with van der Waals surface area (Å²) in [5, 5.41) is 3.24. The highest BCUT2D eigenvalue weighted by atomic mass is 16.2. The first-order chi connectivity index (χ1) is 10.4. The first-order valence-corrected chi connectivity index (χ1v) is 8.35. The summed E-state index contributed by atoms with van der Waals surface area (Å²) in [5.41, 5.74) is 2.97. The average molecular weight is 297 g/mol. The van der Waals surface area contributed by atoms with Gasteiger partial charge in [-0.05, 0) is 43.6 Å². The molecule has 0 saturated heterocycles. The molecule has 1 aromatic carbocycles. The van der Waals surface area contributed by atoms with Crippen LogP contribution in [-0.2, 0) is 10.2 Å². The molecule has 1 amide bonds. The maximum atomic E-state index is 12.6. The lowest BCUT2D eigenvalue weighted by Crippen LogP contribution is -2.34. The van der Waals surface area contributed by atoms with Gasteiger partial charge in [0.05, 0.1) is 5.92 Å². The summed E-state index contributed by atoms with van der Waals surface area (Å²) in [6.45, 7) is 9.40. The number of allylic oxidation sites excluding steroid dienone is 2. The fourth-order valence-electron chi connectivity index (χ4n) is 3.73. The highest BCUT2D eigenvalue weighted by molar-refractivity contribution is 5.83. The molecule has 2 nitrogen and oxygen atoms in total. The van der Waals surface area contributed by atoms with Crippen LogP contribution in [0.5, 0.6) is 0 Å². The average Bonchev–Trinajstić information content (AvgIpc) is 3.35. The van der Waals surface area contributed by atoms with Crippen molar-refractivity contribution in [1.82, 2.24) is 5.32 Å². The van der Waals surface area contributed by atoms with E-state index in [0.717, 1.165) is 6.54 Å². The molecule has 118 valence electrons. The van der Waals surface area contributed by atoms with Crippen LogP contribution >= 0.6 is 0 Å². The molecule has 1 N–H and O–H groups in total. The lowest BCUT2D eigenvalue weighted by atomic mass is 9.96. The van der Waals surface area contributed by atoms with E-state index in [0.29, 0.717) is 5.92 Å². The minimum absolute atomic E-state index is 0.102. The topological polar surface area (TPSA) is 29.1 Å². The normalized spacial score (nSPS) is 26.9. The molecule has 1 aromatic rings. The highest BCUT2D eigenvalue weighted by Gasteiger charge is 2.60. The van der Waals surface area contributed by atoms with E-state index in [9.17, 15) is 4.79 Å². The van der Waals surface area contributed by atoms with Gasteiger partial charge in [0.25, 0.3) is 0 Å². The lowest BCUT2D eigenvalue weighted by molar-refractivity contribution is -0.123. The lowest BCUT2D eigenvalue weighted by Gasteiger charge is -2.17. The zero-order valence-corrected chi connectivity index (χ0v) is 14.1. The zero-order chi connectivity index (χ0) is 16.0. The van der Waals surface area contributed by atoms with Crippen LogP contribution in [-0.4, -0.2) is 12.5 Å². The first kappa shape index (κ1) is 15.3. The summed E-state index contributed by atoms with van der Waals surface area (Å²) in [6.07, 6.45) is 4.62. The van der Waals surface area contributed by atoms with Gasteiger partial charge >= 0.3 is 0 Å².